The van der Waals surface area contributed by atoms with Crippen molar-refractivity contribution in [3.8, 4) is 23.1 Å². The molecule has 0 bridgehead atoms. The van der Waals surface area contributed by atoms with E-state index in [-0.39, 0.29) is 22.6 Å². The smallest absolute Gasteiger partial charge is 0.281 e. The van der Waals surface area contributed by atoms with Crippen LogP contribution in [0, 0.1) is 17.1 Å². The van der Waals surface area contributed by atoms with Crippen molar-refractivity contribution in [3.05, 3.63) is 40.6 Å². The quantitative estimate of drug-likeness (QED) is 0.865. The first-order valence-electron chi connectivity index (χ1n) is 5.56. The largest absolute Gasteiger partial charge is 0.495 e. The Labute approximate surface area is 122 Å². The van der Waals surface area contributed by atoms with Crippen LogP contribution in [-0.2, 0) is 0 Å². The molecule has 8 heteroatoms. The average Bonchev–Trinajstić information content (AvgIpc) is 2.47. The summed E-state index contributed by atoms with van der Waals surface area (Å²) in [6, 6.07) is 3.86. The highest BCUT2D eigenvalue weighted by molar-refractivity contribution is 6.33. The first-order chi connectivity index (χ1) is 9.99. The summed E-state index contributed by atoms with van der Waals surface area (Å²) in [5, 5.41) is 8.41. The van der Waals surface area contributed by atoms with E-state index in [0.29, 0.717) is 0 Å². The molecule has 2 rings (SSSR count). The fourth-order valence-electron chi connectivity index (χ4n) is 1.71. The summed E-state index contributed by atoms with van der Waals surface area (Å²) < 4.78 is 44.5. The van der Waals surface area contributed by atoms with Gasteiger partial charge in [0.1, 0.15) is 29.7 Å². The van der Waals surface area contributed by atoms with Crippen molar-refractivity contribution in [2.75, 3.05) is 7.11 Å². The van der Waals surface area contributed by atoms with Crippen molar-refractivity contribution in [1.29, 1.82) is 5.26 Å². The molecule has 0 atom stereocenters. The van der Waals surface area contributed by atoms with Crippen molar-refractivity contribution >= 4 is 11.6 Å². The summed E-state index contributed by atoms with van der Waals surface area (Å²) in [5.41, 5.74) is -1.06. The van der Waals surface area contributed by atoms with Gasteiger partial charge in [-0.2, -0.15) is 5.26 Å². The minimum Gasteiger partial charge on any atom is -0.495 e. The molecule has 0 unspecified atom stereocenters. The first kappa shape index (κ1) is 15.1. The Morgan fingerprint density at radius 3 is 2.62 bits per heavy atom. The van der Waals surface area contributed by atoms with Gasteiger partial charge >= 0.3 is 0 Å². The maximum absolute atomic E-state index is 14.0. The Kier molecular flexibility index (Phi) is 4.29. The molecule has 0 aliphatic heterocycles. The van der Waals surface area contributed by atoms with Crippen LogP contribution in [0.2, 0.25) is 5.02 Å². The van der Waals surface area contributed by atoms with Gasteiger partial charge in [-0.25, -0.2) is 23.1 Å². The molecular formula is C13H7ClF3N3O. The Morgan fingerprint density at radius 2 is 2.05 bits per heavy atom. The molecule has 0 spiro atoms. The van der Waals surface area contributed by atoms with E-state index in [9.17, 15) is 13.2 Å². The van der Waals surface area contributed by atoms with Gasteiger partial charge in [0.2, 0.25) is 0 Å². The molecule has 2 aromatic rings. The number of aromatic nitrogens is 2. The normalized spacial score (nSPS) is 10.5. The third-order valence-corrected chi connectivity index (χ3v) is 3.06. The second-order valence-electron chi connectivity index (χ2n) is 3.87. The lowest BCUT2D eigenvalue weighted by atomic mass is 10.1. The van der Waals surface area contributed by atoms with Crippen LogP contribution in [0.4, 0.5) is 13.2 Å². The van der Waals surface area contributed by atoms with E-state index in [1.165, 1.54) is 13.2 Å². The topological polar surface area (TPSA) is 58.8 Å². The van der Waals surface area contributed by atoms with Crippen molar-refractivity contribution in [3.63, 3.8) is 0 Å². The molecule has 108 valence electrons. The van der Waals surface area contributed by atoms with E-state index >= 15 is 0 Å². The zero-order chi connectivity index (χ0) is 15.6. The number of rotatable bonds is 3. The SMILES string of the molecule is COc1cc(-c2ncnc(C(F)F)c2Cl)c(F)cc1C#N. The maximum atomic E-state index is 14.0. The fourth-order valence-corrected chi connectivity index (χ4v) is 2.00. The number of nitrogens with zero attached hydrogens (tertiary/aromatic N) is 3. The molecule has 1 aromatic carbocycles. The lowest BCUT2D eigenvalue weighted by Crippen LogP contribution is -1.99. The van der Waals surface area contributed by atoms with Crippen molar-refractivity contribution in [1.82, 2.24) is 9.97 Å². The van der Waals surface area contributed by atoms with Crippen LogP contribution in [0.1, 0.15) is 17.7 Å². The van der Waals surface area contributed by atoms with Crippen LogP contribution in [0.5, 0.6) is 5.75 Å². The van der Waals surface area contributed by atoms with Gasteiger partial charge in [0, 0.05) is 5.56 Å². The van der Waals surface area contributed by atoms with Crippen LogP contribution in [0.25, 0.3) is 11.3 Å². The summed E-state index contributed by atoms with van der Waals surface area (Å²) in [6.45, 7) is 0. The van der Waals surface area contributed by atoms with Gasteiger partial charge in [-0.1, -0.05) is 11.6 Å². The Morgan fingerprint density at radius 1 is 1.33 bits per heavy atom. The number of ether oxygens (including phenoxy) is 1. The number of alkyl halides is 2. The Bertz CT molecular complexity index is 731. The fraction of sp³-hybridized carbons (Fsp3) is 0.154. The molecule has 0 aliphatic carbocycles. The lowest BCUT2D eigenvalue weighted by molar-refractivity contribution is 0.146. The summed E-state index contributed by atoms with van der Waals surface area (Å²) in [6.07, 6.45) is -2.05. The van der Waals surface area contributed by atoms with Gasteiger partial charge in [-0.15, -0.1) is 0 Å². The summed E-state index contributed by atoms with van der Waals surface area (Å²) >= 11 is 5.80. The molecule has 0 amide bonds. The average molecular weight is 314 g/mol. The maximum Gasteiger partial charge on any atom is 0.281 e. The van der Waals surface area contributed by atoms with E-state index in [2.05, 4.69) is 9.97 Å². The van der Waals surface area contributed by atoms with Gasteiger partial charge in [0.15, 0.2) is 0 Å². The highest BCUT2D eigenvalue weighted by Gasteiger charge is 2.21. The van der Waals surface area contributed by atoms with Gasteiger partial charge in [0.25, 0.3) is 6.43 Å². The van der Waals surface area contributed by atoms with Crippen LogP contribution >= 0.6 is 11.6 Å². The molecule has 1 aromatic heterocycles. The number of benzene rings is 1. The van der Waals surface area contributed by atoms with E-state index in [0.717, 1.165) is 12.4 Å². The summed E-state index contributed by atoms with van der Waals surface area (Å²) in [7, 11) is 1.30. The van der Waals surface area contributed by atoms with E-state index in [4.69, 9.17) is 21.6 Å². The summed E-state index contributed by atoms with van der Waals surface area (Å²) in [5.74, 6) is -0.740. The molecule has 0 aliphatic rings. The number of methoxy groups -OCH3 is 1. The predicted molar refractivity (Wildman–Crippen MR) is 68.7 cm³/mol. The van der Waals surface area contributed by atoms with Gasteiger partial charge in [-0.3, -0.25) is 0 Å². The minimum absolute atomic E-state index is 0.0296. The summed E-state index contributed by atoms with van der Waals surface area (Å²) in [4.78, 5) is 7.10. The van der Waals surface area contributed by atoms with Crippen molar-refractivity contribution in [2.45, 2.75) is 6.43 Å². The monoisotopic (exact) mass is 313 g/mol. The minimum atomic E-state index is -2.91. The molecule has 0 saturated carbocycles. The third kappa shape index (κ3) is 2.76. The molecule has 0 N–H and O–H groups in total. The second kappa shape index (κ2) is 5.97. The standard InChI is InChI=1S/C13H7ClF3N3O/c1-21-9-3-7(8(15)2-6(9)4-18)11-10(14)12(13(16)17)20-5-19-11/h2-3,5,13H,1H3. The van der Waals surface area contributed by atoms with Crippen molar-refractivity contribution < 1.29 is 17.9 Å². The Balaban J connectivity index is 2.68. The first-order valence-corrected chi connectivity index (χ1v) is 5.94. The Hall–Kier alpha value is -2.33. The lowest BCUT2D eigenvalue weighted by Gasteiger charge is -2.10. The molecule has 21 heavy (non-hydrogen) atoms. The second-order valence-corrected chi connectivity index (χ2v) is 4.24. The third-order valence-electron chi connectivity index (χ3n) is 2.69. The molecule has 4 nitrogen and oxygen atoms in total. The van der Waals surface area contributed by atoms with E-state index < -0.39 is 23.0 Å². The predicted octanol–water partition coefficient (Wildman–Crippen LogP) is 3.75. The van der Waals surface area contributed by atoms with Crippen LogP contribution in [0.15, 0.2) is 18.5 Å². The van der Waals surface area contributed by atoms with Crippen LogP contribution in [0.3, 0.4) is 0 Å². The van der Waals surface area contributed by atoms with Crippen LogP contribution in [-0.4, -0.2) is 17.1 Å². The zero-order valence-corrected chi connectivity index (χ0v) is 11.3. The van der Waals surface area contributed by atoms with Crippen LogP contribution < -0.4 is 4.74 Å². The van der Waals surface area contributed by atoms with E-state index in [1.807, 2.05) is 0 Å². The van der Waals surface area contributed by atoms with Crippen molar-refractivity contribution in [2.24, 2.45) is 0 Å². The number of halogens is 4. The highest BCUT2D eigenvalue weighted by atomic mass is 35.5. The molecular weight excluding hydrogens is 307 g/mol. The molecule has 0 fully saturated rings. The molecule has 1 heterocycles. The zero-order valence-electron chi connectivity index (χ0n) is 10.6. The molecule has 0 radical (unpaired) electrons. The number of hydrogen-bond donors (Lipinski definition) is 0. The number of hydrogen-bond acceptors (Lipinski definition) is 4. The number of nitriles is 1. The van der Waals surface area contributed by atoms with Gasteiger partial charge < -0.3 is 4.74 Å². The highest BCUT2D eigenvalue weighted by Crippen LogP contribution is 2.36. The van der Waals surface area contributed by atoms with Gasteiger partial charge in [-0.05, 0) is 12.1 Å². The molecule has 0 saturated heterocycles. The van der Waals surface area contributed by atoms with Gasteiger partial charge in [0.05, 0.1) is 23.4 Å². The van der Waals surface area contributed by atoms with E-state index in [1.54, 1.807) is 6.07 Å².